The van der Waals surface area contributed by atoms with Crippen molar-refractivity contribution in [2.24, 2.45) is 12.2 Å². The second-order valence-corrected chi connectivity index (χ2v) is 7.50. The van der Waals surface area contributed by atoms with Gasteiger partial charge in [0.1, 0.15) is 12.4 Å². The van der Waals surface area contributed by atoms with Crippen molar-refractivity contribution >= 4 is 17.4 Å². The van der Waals surface area contributed by atoms with E-state index in [1.165, 1.54) is 0 Å². The van der Waals surface area contributed by atoms with Crippen LogP contribution in [0.2, 0.25) is 0 Å². The summed E-state index contributed by atoms with van der Waals surface area (Å²) in [7, 11) is 1.88. The number of carbonyl (C=O) groups is 1. The van der Waals surface area contributed by atoms with Gasteiger partial charge in [-0.15, -0.1) is 0 Å². The lowest BCUT2D eigenvalue weighted by Crippen LogP contribution is -2.33. The first-order chi connectivity index (χ1) is 15.6. The number of ether oxygens (including phenoxy) is 1. The molecule has 2 aromatic heterocycles. The number of nitrogens with one attached hydrogen (secondary N) is 2. The van der Waals surface area contributed by atoms with Gasteiger partial charge in [0.05, 0.1) is 18.5 Å². The van der Waals surface area contributed by atoms with Crippen molar-refractivity contribution in [1.29, 1.82) is 0 Å². The predicted octanol–water partition coefficient (Wildman–Crippen LogP) is 3.39. The van der Waals surface area contributed by atoms with Gasteiger partial charge in [-0.25, -0.2) is 4.79 Å². The van der Waals surface area contributed by atoms with E-state index in [4.69, 9.17) is 9.57 Å². The Hall–Kier alpha value is -3.88. The first-order valence-electron chi connectivity index (χ1n) is 10.5. The van der Waals surface area contributed by atoms with Crippen LogP contribution in [0.25, 0.3) is 11.1 Å². The van der Waals surface area contributed by atoms with Crippen LogP contribution in [-0.4, -0.2) is 45.8 Å². The average Bonchev–Trinajstić information content (AvgIpc) is 3.45. The highest BCUT2D eigenvalue weighted by Gasteiger charge is 2.22. The number of pyridine rings is 1. The molecule has 0 bridgehead atoms. The zero-order valence-corrected chi connectivity index (χ0v) is 18.1. The maximum absolute atomic E-state index is 12.2. The molecule has 3 heterocycles. The van der Waals surface area contributed by atoms with Crippen molar-refractivity contribution in [2.75, 3.05) is 18.5 Å². The number of hydrogen-bond acceptors (Lipinski definition) is 6. The number of anilines is 1. The van der Waals surface area contributed by atoms with Crippen LogP contribution in [0.15, 0.2) is 60.1 Å². The quantitative estimate of drug-likeness (QED) is 0.566. The summed E-state index contributed by atoms with van der Waals surface area (Å²) in [5, 5.41) is 13.9. The van der Waals surface area contributed by atoms with Crippen molar-refractivity contribution in [3.8, 4) is 16.9 Å². The number of nitrogens with zero attached hydrogens (tertiary/aromatic N) is 4. The van der Waals surface area contributed by atoms with Crippen LogP contribution in [-0.2, 0) is 18.3 Å². The highest BCUT2D eigenvalue weighted by molar-refractivity contribution is 5.94. The summed E-state index contributed by atoms with van der Waals surface area (Å²) >= 11 is 0. The number of hydrogen-bond donors (Lipinski definition) is 2. The molecule has 1 unspecified atom stereocenters. The normalized spacial score (nSPS) is 15.1. The summed E-state index contributed by atoms with van der Waals surface area (Å²) in [6, 6.07) is 11.1. The molecule has 1 aliphatic heterocycles. The number of para-hydroxylation sites is 1. The summed E-state index contributed by atoms with van der Waals surface area (Å²) in [6.07, 6.45) is 6.62. The first-order valence-corrected chi connectivity index (χ1v) is 10.5. The van der Waals surface area contributed by atoms with Crippen LogP contribution >= 0.6 is 0 Å². The van der Waals surface area contributed by atoms with Gasteiger partial charge in [-0.1, -0.05) is 30.3 Å². The molecule has 0 aliphatic carbocycles. The summed E-state index contributed by atoms with van der Waals surface area (Å²) < 4.78 is 7.78. The molecule has 0 spiro atoms. The third-order valence-corrected chi connectivity index (χ3v) is 5.01. The Morgan fingerprint density at radius 1 is 1.31 bits per heavy atom. The van der Waals surface area contributed by atoms with Gasteiger partial charge >= 0.3 is 6.03 Å². The first kappa shape index (κ1) is 21.4. The Morgan fingerprint density at radius 2 is 2.19 bits per heavy atom. The van der Waals surface area contributed by atoms with Crippen molar-refractivity contribution in [3.05, 3.63) is 60.7 Å². The fraction of sp³-hybridized carbons (Fsp3) is 0.304. The number of carbonyl (C=O) groups excluding carboxylic acids is 1. The second-order valence-electron chi connectivity index (χ2n) is 7.50. The molecule has 0 saturated carbocycles. The molecule has 0 saturated heterocycles. The molecular weight excluding hydrogens is 408 g/mol. The SMILES string of the molecule is CCc1cc(NC(=O)NCC2=NOC(COc3ccccc3-c3cnn(C)c3)C2)ccn1. The third-order valence-electron chi connectivity index (χ3n) is 5.01. The molecule has 2 N–H and O–H groups in total. The monoisotopic (exact) mass is 434 g/mol. The highest BCUT2D eigenvalue weighted by atomic mass is 16.7. The smallest absolute Gasteiger partial charge is 0.319 e. The Morgan fingerprint density at radius 3 is 3.00 bits per heavy atom. The Balaban J connectivity index is 1.24. The van der Waals surface area contributed by atoms with E-state index in [1.807, 2.05) is 50.5 Å². The van der Waals surface area contributed by atoms with E-state index < -0.39 is 0 Å². The van der Waals surface area contributed by atoms with E-state index >= 15 is 0 Å². The number of urea groups is 1. The van der Waals surface area contributed by atoms with E-state index in [0.717, 1.165) is 34.7 Å². The van der Waals surface area contributed by atoms with Gasteiger partial charge in [-0.2, -0.15) is 5.10 Å². The minimum absolute atomic E-state index is 0.205. The van der Waals surface area contributed by atoms with E-state index in [1.54, 1.807) is 23.1 Å². The molecule has 32 heavy (non-hydrogen) atoms. The molecule has 1 atom stereocenters. The molecule has 166 valence electrons. The van der Waals surface area contributed by atoms with E-state index in [-0.39, 0.29) is 12.1 Å². The molecule has 4 rings (SSSR count). The topological polar surface area (TPSA) is 103 Å². The second kappa shape index (κ2) is 9.95. The van der Waals surface area contributed by atoms with Crippen LogP contribution in [0.3, 0.4) is 0 Å². The molecule has 2 amide bonds. The van der Waals surface area contributed by atoms with Gasteiger partial charge in [0.15, 0.2) is 6.10 Å². The lowest BCUT2D eigenvalue weighted by molar-refractivity contribution is 0.0472. The largest absolute Gasteiger partial charge is 0.489 e. The number of aryl methyl sites for hydroxylation is 2. The summed E-state index contributed by atoms with van der Waals surface area (Å²) in [6.45, 7) is 2.68. The van der Waals surface area contributed by atoms with Crippen molar-refractivity contribution in [2.45, 2.75) is 25.9 Å². The zero-order valence-electron chi connectivity index (χ0n) is 18.1. The Labute approximate surface area is 186 Å². The minimum atomic E-state index is -0.300. The van der Waals surface area contributed by atoms with Gasteiger partial charge in [0, 0.05) is 48.4 Å². The number of amides is 2. The van der Waals surface area contributed by atoms with Crippen LogP contribution in [0, 0.1) is 0 Å². The van der Waals surface area contributed by atoms with Crippen LogP contribution in [0.4, 0.5) is 10.5 Å². The molecular formula is C23H26N6O3. The number of rotatable bonds is 8. The minimum Gasteiger partial charge on any atom is -0.489 e. The molecule has 0 radical (unpaired) electrons. The van der Waals surface area contributed by atoms with E-state index in [9.17, 15) is 4.79 Å². The third kappa shape index (κ3) is 5.42. The van der Waals surface area contributed by atoms with Crippen molar-refractivity contribution in [3.63, 3.8) is 0 Å². The summed E-state index contributed by atoms with van der Waals surface area (Å²) in [5.41, 5.74) is 4.35. The van der Waals surface area contributed by atoms with Gasteiger partial charge in [0.25, 0.3) is 0 Å². The van der Waals surface area contributed by atoms with E-state index in [0.29, 0.717) is 25.3 Å². The van der Waals surface area contributed by atoms with Crippen molar-refractivity contribution in [1.82, 2.24) is 20.1 Å². The number of benzene rings is 1. The molecule has 1 aliphatic rings. The maximum Gasteiger partial charge on any atom is 0.319 e. The highest BCUT2D eigenvalue weighted by Crippen LogP contribution is 2.29. The Kier molecular flexibility index (Phi) is 6.64. The zero-order chi connectivity index (χ0) is 22.3. The molecule has 3 aromatic rings. The van der Waals surface area contributed by atoms with Crippen LogP contribution < -0.4 is 15.4 Å². The van der Waals surface area contributed by atoms with Gasteiger partial charge in [-0.3, -0.25) is 9.67 Å². The van der Waals surface area contributed by atoms with Crippen LogP contribution in [0.1, 0.15) is 19.0 Å². The van der Waals surface area contributed by atoms with Crippen LogP contribution in [0.5, 0.6) is 5.75 Å². The Bertz CT molecular complexity index is 1110. The molecule has 1 aromatic carbocycles. The van der Waals surface area contributed by atoms with Gasteiger partial charge in [-0.05, 0) is 24.6 Å². The fourth-order valence-electron chi connectivity index (χ4n) is 3.36. The number of aromatic nitrogens is 3. The summed E-state index contributed by atoms with van der Waals surface area (Å²) in [5.74, 6) is 0.763. The molecule has 0 fully saturated rings. The van der Waals surface area contributed by atoms with Crippen molar-refractivity contribution < 1.29 is 14.4 Å². The van der Waals surface area contributed by atoms with Gasteiger partial charge in [0.2, 0.25) is 0 Å². The lowest BCUT2D eigenvalue weighted by atomic mass is 10.1. The van der Waals surface area contributed by atoms with Gasteiger partial charge < -0.3 is 20.2 Å². The molecule has 9 heteroatoms. The standard InChI is InChI=1S/C23H26N6O3/c1-3-17-10-18(8-9-24-17)27-23(30)25-13-19-11-20(32-28-19)15-31-22-7-5-4-6-21(22)16-12-26-29(2)14-16/h4-10,12,14,20H,3,11,13,15H2,1-2H3,(H2,24,25,27,30). The maximum atomic E-state index is 12.2. The van der Waals surface area contributed by atoms with E-state index in [2.05, 4.69) is 25.9 Å². The average molecular weight is 435 g/mol. The summed E-state index contributed by atoms with van der Waals surface area (Å²) in [4.78, 5) is 21.9. The fourth-order valence-corrected chi connectivity index (χ4v) is 3.36. The molecule has 9 nitrogen and oxygen atoms in total. The lowest BCUT2D eigenvalue weighted by Gasteiger charge is -2.13. The predicted molar refractivity (Wildman–Crippen MR) is 122 cm³/mol. The number of oxime groups is 1.